The van der Waals surface area contributed by atoms with E-state index >= 15 is 0 Å². The molecule has 0 bridgehead atoms. The van der Waals surface area contributed by atoms with Crippen LogP contribution in [0, 0.1) is 0 Å². The first kappa shape index (κ1) is 25.6. The molecule has 0 aromatic heterocycles. The Morgan fingerprint density at radius 1 is 0.919 bits per heavy atom. The summed E-state index contributed by atoms with van der Waals surface area (Å²) in [6.45, 7) is 0.359. The van der Waals surface area contributed by atoms with Gasteiger partial charge in [-0.05, 0) is 53.6 Å². The van der Waals surface area contributed by atoms with Crippen LogP contribution in [0.1, 0.15) is 44.3 Å². The van der Waals surface area contributed by atoms with Crippen LogP contribution in [0.2, 0.25) is 0 Å². The second kappa shape index (κ2) is 11.0. The molecule has 1 atom stereocenters. The highest BCUT2D eigenvalue weighted by Gasteiger charge is 2.35. The van der Waals surface area contributed by atoms with Gasteiger partial charge in [0.1, 0.15) is 0 Å². The van der Waals surface area contributed by atoms with Crippen LogP contribution in [0.5, 0.6) is 17.2 Å². The van der Waals surface area contributed by atoms with Gasteiger partial charge in [-0.3, -0.25) is 9.59 Å². The van der Waals surface area contributed by atoms with Gasteiger partial charge in [0.25, 0.3) is 5.91 Å². The van der Waals surface area contributed by atoms with E-state index in [-0.39, 0.29) is 18.2 Å². The summed E-state index contributed by atoms with van der Waals surface area (Å²) < 4.78 is 21.2. The SMILES string of the molecule is COC(=O)c1ccc(NC(=O)C[C@H](c2cc(OC)c(OC)c(OC)c2)N2Cc3ccccc3C2=O)cc1. The van der Waals surface area contributed by atoms with Crippen LogP contribution in [0.25, 0.3) is 0 Å². The lowest BCUT2D eigenvalue weighted by molar-refractivity contribution is -0.117. The predicted octanol–water partition coefficient (Wildman–Crippen LogP) is 4.22. The molecule has 0 saturated carbocycles. The molecule has 0 aliphatic carbocycles. The molecule has 37 heavy (non-hydrogen) atoms. The number of rotatable bonds is 9. The minimum atomic E-state index is -0.622. The molecule has 1 N–H and O–H groups in total. The highest BCUT2D eigenvalue weighted by molar-refractivity contribution is 5.99. The van der Waals surface area contributed by atoms with Crippen molar-refractivity contribution in [2.75, 3.05) is 33.8 Å². The molecule has 9 nitrogen and oxygen atoms in total. The average molecular weight is 505 g/mol. The monoisotopic (exact) mass is 504 g/mol. The average Bonchev–Trinajstić information content (AvgIpc) is 3.26. The molecule has 0 saturated heterocycles. The van der Waals surface area contributed by atoms with Crippen molar-refractivity contribution < 1.29 is 33.3 Å². The fourth-order valence-electron chi connectivity index (χ4n) is 4.43. The Morgan fingerprint density at radius 3 is 2.14 bits per heavy atom. The lowest BCUT2D eigenvalue weighted by atomic mass is 10.00. The lowest BCUT2D eigenvalue weighted by Gasteiger charge is -2.29. The summed E-state index contributed by atoms with van der Waals surface area (Å²) in [6, 6.07) is 16.6. The number of fused-ring (bicyclic) bond motifs is 1. The van der Waals surface area contributed by atoms with Crippen LogP contribution < -0.4 is 19.5 Å². The van der Waals surface area contributed by atoms with Crippen LogP contribution in [0.15, 0.2) is 60.7 Å². The number of carbonyl (C=O) groups excluding carboxylic acids is 3. The maximum Gasteiger partial charge on any atom is 0.337 e. The molecule has 1 aliphatic heterocycles. The molecule has 0 spiro atoms. The summed E-state index contributed by atoms with van der Waals surface area (Å²) in [4.78, 5) is 40.0. The molecule has 1 heterocycles. The fraction of sp³-hybridized carbons (Fsp3) is 0.250. The molecule has 4 rings (SSSR count). The summed E-state index contributed by atoms with van der Waals surface area (Å²) in [5.41, 5.74) is 3.04. The molecule has 0 radical (unpaired) electrons. The summed E-state index contributed by atoms with van der Waals surface area (Å²) in [5.74, 6) is 0.318. The van der Waals surface area contributed by atoms with Gasteiger partial charge in [-0.2, -0.15) is 0 Å². The topological polar surface area (TPSA) is 103 Å². The van der Waals surface area contributed by atoms with E-state index in [1.807, 2.05) is 18.2 Å². The first-order valence-electron chi connectivity index (χ1n) is 11.6. The number of hydrogen-bond donors (Lipinski definition) is 1. The maximum absolute atomic E-state index is 13.4. The van der Waals surface area contributed by atoms with Crippen molar-refractivity contribution in [3.05, 3.63) is 82.9 Å². The highest BCUT2D eigenvalue weighted by Crippen LogP contribution is 2.43. The van der Waals surface area contributed by atoms with Crippen molar-refractivity contribution in [3.63, 3.8) is 0 Å². The van der Waals surface area contributed by atoms with Crippen LogP contribution >= 0.6 is 0 Å². The smallest absolute Gasteiger partial charge is 0.337 e. The number of hydrogen-bond acceptors (Lipinski definition) is 7. The van der Waals surface area contributed by atoms with Crippen molar-refractivity contribution >= 4 is 23.5 Å². The number of esters is 1. The van der Waals surface area contributed by atoms with Crippen molar-refractivity contribution in [1.29, 1.82) is 0 Å². The zero-order valence-electron chi connectivity index (χ0n) is 21.1. The number of benzene rings is 3. The molecular formula is C28H28N2O7. The number of methoxy groups -OCH3 is 4. The van der Waals surface area contributed by atoms with Crippen LogP contribution in [-0.4, -0.2) is 51.1 Å². The van der Waals surface area contributed by atoms with Gasteiger partial charge >= 0.3 is 5.97 Å². The minimum absolute atomic E-state index is 0.0306. The van der Waals surface area contributed by atoms with E-state index in [0.29, 0.717) is 46.2 Å². The van der Waals surface area contributed by atoms with Gasteiger partial charge in [0.15, 0.2) is 11.5 Å². The number of anilines is 1. The van der Waals surface area contributed by atoms with Crippen LogP contribution in [0.3, 0.4) is 0 Å². The normalized spacial score (nSPS) is 13.0. The Labute approximate surface area is 214 Å². The summed E-state index contributed by atoms with van der Waals surface area (Å²) in [7, 11) is 5.84. The third-order valence-corrected chi connectivity index (χ3v) is 6.27. The first-order valence-corrected chi connectivity index (χ1v) is 11.6. The Balaban J connectivity index is 1.66. The largest absolute Gasteiger partial charge is 0.493 e. The molecule has 0 unspecified atom stereocenters. The van der Waals surface area contributed by atoms with E-state index in [2.05, 4.69) is 5.32 Å². The minimum Gasteiger partial charge on any atom is -0.493 e. The maximum atomic E-state index is 13.4. The zero-order valence-corrected chi connectivity index (χ0v) is 21.1. The Hall–Kier alpha value is -4.53. The molecule has 192 valence electrons. The highest BCUT2D eigenvalue weighted by atomic mass is 16.5. The molecule has 2 amide bonds. The Bertz CT molecular complexity index is 1300. The molecule has 3 aromatic carbocycles. The number of amides is 2. The fourth-order valence-corrected chi connectivity index (χ4v) is 4.43. The Morgan fingerprint density at radius 2 is 1.57 bits per heavy atom. The van der Waals surface area contributed by atoms with Crippen molar-refractivity contribution in [3.8, 4) is 17.2 Å². The predicted molar refractivity (Wildman–Crippen MR) is 136 cm³/mol. The lowest BCUT2D eigenvalue weighted by Crippen LogP contribution is -2.32. The molecule has 9 heteroatoms. The first-order chi connectivity index (χ1) is 17.9. The number of nitrogens with one attached hydrogen (secondary N) is 1. The van der Waals surface area contributed by atoms with Crippen molar-refractivity contribution in [1.82, 2.24) is 4.90 Å². The van der Waals surface area contributed by atoms with E-state index in [4.69, 9.17) is 18.9 Å². The Kier molecular flexibility index (Phi) is 7.62. The standard InChI is InChI=1S/C28H28N2O7/c1-34-23-13-19(14-24(35-2)26(23)36-3)22(30-16-18-7-5-6-8-21(18)27(30)32)15-25(31)29-20-11-9-17(10-12-20)28(33)37-4/h5-14,22H,15-16H2,1-4H3,(H,29,31)/t22-/m1/s1. The van der Waals surface area contributed by atoms with Gasteiger partial charge in [0, 0.05) is 17.8 Å². The molecule has 0 fully saturated rings. The quantitative estimate of drug-likeness (QED) is 0.435. The summed E-state index contributed by atoms with van der Waals surface area (Å²) in [6.07, 6.45) is -0.0306. The van der Waals surface area contributed by atoms with E-state index in [1.54, 1.807) is 47.4 Å². The van der Waals surface area contributed by atoms with Crippen molar-refractivity contribution in [2.24, 2.45) is 0 Å². The van der Waals surface area contributed by atoms with E-state index in [0.717, 1.165) is 5.56 Å². The third kappa shape index (κ3) is 5.20. The summed E-state index contributed by atoms with van der Waals surface area (Å²) in [5, 5.41) is 2.85. The van der Waals surface area contributed by atoms with Gasteiger partial charge in [-0.25, -0.2) is 4.79 Å². The van der Waals surface area contributed by atoms with Crippen LogP contribution in [0.4, 0.5) is 5.69 Å². The molecular weight excluding hydrogens is 476 g/mol. The zero-order chi connectivity index (χ0) is 26.5. The second-order valence-electron chi connectivity index (χ2n) is 8.39. The van der Waals surface area contributed by atoms with Gasteiger partial charge < -0.3 is 29.2 Å². The second-order valence-corrected chi connectivity index (χ2v) is 8.39. The number of nitrogens with zero attached hydrogens (tertiary/aromatic N) is 1. The van der Waals surface area contributed by atoms with E-state index in [9.17, 15) is 14.4 Å². The van der Waals surface area contributed by atoms with Gasteiger partial charge in [0.2, 0.25) is 11.7 Å². The summed E-state index contributed by atoms with van der Waals surface area (Å²) >= 11 is 0. The number of carbonyl (C=O) groups is 3. The number of ether oxygens (including phenoxy) is 4. The van der Waals surface area contributed by atoms with E-state index in [1.165, 1.54) is 28.4 Å². The third-order valence-electron chi connectivity index (χ3n) is 6.27. The van der Waals surface area contributed by atoms with Crippen molar-refractivity contribution in [2.45, 2.75) is 19.0 Å². The van der Waals surface area contributed by atoms with Gasteiger partial charge in [-0.1, -0.05) is 18.2 Å². The van der Waals surface area contributed by atoms with Gasteiger partial charge in [-0.15, -0.1) is 0 Å². The molecule has 3 aromatic rings. The van der Waals surface area contributed by atoms with E-state index < -0.39 is 12.0 Å². The van der Waals surface area contributed by atoms with Crippen LogP contribution in [-0.2, 0) is 16.1 Å². The van der Waals surface area contributed by atoms with Gasteiger partial charge in [0.05, 0.1) is 46.5 Å². The molecule has 1 aliphatic rings.